The first-order valence-corrected chi connectivity index (χ1v) is 11.2. The van der Waals surface area contributed by atoms with E-state index in [0.717, 1.165) is 88.2 Å². The van der Waals surface area contributed by atoms with E-state index in [4.69, 9.17) is 4.99 Å². The molecule has 1 saturated heterocycles. The Hall–Kier alpha value is -2.74. The van der Waals surface area contributed by atoms with Gasteiger partial charge >= 0.3 is 0 Å². The Kier molecular flexibility index (Phi) is 9.02. The normalized spacial score (nSPS) is 15.2. The van der Waals surface area contributed by atoms with Crippen LogP contribution in [0.5, 0.6) is 0 Å². The van der Waals surface area contributed by atoms with Crippen LogP contribution in [0.3, 0.4) is 0 Å². The molecule has 3 rings (SSSR count). The second-order valence-electron chi connectivity index (χ2n) is 7.74. The molecule has 0 aliphatic carbocycles. The summed E-state index contributed by atoms with van der Waals surface area (Å²) in [5.74, 6) is 1.48. The van der Waals surface area contributed by atoms with Crippen molar-refractivity contribution in [2.75, 3.05) is 57.3 Å². The minimum atomic E-state index is -0.182. The first kappa shape index (κ1) is 22.9. The van der Waals surface area contributed by atoms with Crippen LogP contribution in [0.15, 0.2) is 41.7 Å². The van der Waals surface area contributed by atoms with Crippen molar-refractivity contribution in [3.8, 4) is 0 Å². The second kappa shape index (κ2) is 12.2. The van der Waals surface area contributed by atoms with E-state index in [-0.39, 0.29) is 5.82 Å². The Morgan fingerprint density at radius 1 is 1.13 bits per heavy atom. The molecule has 0 unspecified atom stereocenters. The van der Waals surface area contributed by atoms with Crippen LogP contribution in [0.2, 0.25) is 0 Å². The Balaban J connectivity index is 1.36. The maximum atomic E-state index is 13.2. The smallest absolute Gasteiger partial charge is 0.225 e. The molecule has 1 aliphatic rings. The largest absolute Gasteiger partial charge is 0.357 e. The fourth-order valence-electron chi connectivity index (χ4n) is 3.71. The van der Waals surface area contributed by atoms with Crippen molar-refractivity contribution in [2.24, 2.45) is 4.99 Å². The van der Waals surface area contributed by atoms with Gasteiger partial charge in [0.25, 0.3) is 0 Å². The van der Waals surface area contributed by atoms with Crippen molar-refractivity contribution in [3.63, 3.8) is 0 Å². The lowest BCUT2D eigenvalue weighted by molar-refractivity contribution is 0.255. The number of hydrogen-bond donors (Lipinski definition) is 2. The van der Waals surface area contributed by atoms with Gasteiger partial charge in [0.05, 0.1) is 0 Å². The summed E-state index contributed by atoms with van der Waals surface area (Å²) in [4.78, 5) is 18.1. The van der Waals surface area contributed by atoms with Crippen molar-refractivity contribution in [2.45, 2.75) is 26.7 Å². The van der Waals surface area contributed by atoms with Crippen molar-refractivity contribution in [3.05, 3.63) is 53.6 Å². The van der Waals surface area contributed by atoms with Gasteiger partial charge < -0.3 is 15.5 Å². The Bertz CT molecular complexity index is 820. The Morgan fingerprint density at radius 3 is 2.61 bits per heavy atom. The number of aliphatic imine (C=N–C) groups is 1. The highest BCUT2D eigenvalue weighted by molar-refractivity contribution is 5.79. The van der Waals surface area contributed by atoms with Gasteiger partial charge in [-0.25, -0.2) is 14.4 Å². The number of piperazine rings is 1. The van der Waals surface area contributed by atoms with Crippen LogP contribution in [-0.2, 0) is 6.42 Å². The van der Waals surface area contributed by atoms with Gasteiger partial charge in [-0.15, -0.1) is 0 Å². The van der Waals surface area contributed by atoms with Gasteiger partial charge in [-0.05, 0) is 56.0 Å². The van der Waals surface area contributed by atoms with E-state index in [0.29, 0.717) is 0 Å². The molecule has 2 aromatic rings. The van der Waals surface area contributed by atoms with Crippen LogP contribution >= 0.6 is 0 Å². The molecule has 8 heteroatoms. The van der Waals surface area contributed by atoms with Crippen LogP contribution in [0, 0.1) is 12.7 Å². The molecule has 31 heavy (non-hydrogen) atoms. The third-order valence-electron chi connectivity index (χ3n) is 5.45. The Morgan fingerprint density at radius 2 is 1.90 bits per heavy atom. The number of benzene rings is 1. The van der Waals surface area contributed by atoms with Crippen LogP contribution in [-0.4, -0.2) is 73.2 Å². The zero-order valence-electron chi connectivity index (χ0n) is 18.6. The molecule has 0 bridgehead atoms. The summed E-state index contributed by atoms with van der Waals surface area (Å²) in [6, 6.07) is 6.82. The Labute approximate surface area is 184 Å². The van der Waals surface area contributed by atoms with Crippen LogP contribution in [0.25, 0.3) is 0 Å². The van der Waals surface area contributed by atoms with E-state index in [1.807, 2.05) is 19.1 Å². The molecular formula is C23H34FN7. The minimum absolute atomic E-state index is 0.182. The average molecular weight is 428 g/mol. The molecule has 0 spiro atoms. The quantitative estimate of drug-likeness (QED) is 0.363. The van der Waals surface area contributed by atoms with Gasteiger partial charge in [-0.1, -0.05) is 6.07 Å². The molecule has 1 fully saturated rings. The molecule has 7 nitrogen and oxygen atoms in total. The van der Waals surface area contributed by atoms with Crippen molar-refractivity contribution in [1.82, 2.24) is 25.5 Å². The molecule has 168 valence electrons. The lowest BCUT2D eigenvalue weighted by Gasteiger charge is -2.34. The van der Waals surface area contributed by atoms with E-state index in [1.165, 1.54) is 6.07 Å². The van der Waals surface area contributed by atoms with Gasteiger partial charge in [-0.2, -0.15) is 0 Å². The molecule has 0 amide bonds. The summed E-state index contributed by atoms with van der Waals surface area (Å²) in [5.41, 5.74) is 2.15. The first-order chi connectivity index (χ1) is 15.2. The number of aromatic nitrogens is 2. The summed E-state index contributed by atoms with van der Waals surface area (Å²) in [6.45, 7) is 11.4. The molecule has 0 radical (unpaired) electrons. The number of guanidine groups is 1. The molecule has 0 saturated carbocycles. The van der Waals surface area contributed by atoms with E-state index < -0.39 is 0 Å². The molecule has 2 heterocycles. The average Bonchev–Trinajstić information content (AvgIpc) is 2.79. The fourth-order valence-corrected chi connectivity index (χ4v) is 3.71. The zero-order valence-corrected chi connectivity index (χ0v) is 18.6. The van der Waals surface area contributed by atoms with Crippen LogP contribution in [0.4, 0.5) is 10.3 Å². The summed E-state index contributed by atoms with van der Waals surface area (Å²) >= 11 is 0. The number of hydrogen-bond acceptors (Lipinski definition) is 5. The van der Waals surface area contributed by atoms with Crippen molar-refractivity contribution < 1.29 is 4.39 Å². The minimum Gasteiger partial charge on any atom is -0.357 e. The molecule has 1 aliphatic heterocycles. The lowest BCUT2D eigenvalue weighted by Crippen LogP contribution is -2.47. The van der Waals surface area contributed by atoms with Gasteiger partial charge in [0.15, 0.2) is 5.96 Å². The highest BCUT2D eigenvalue weighted by Crippen LogP contribution is 2.11. The maximum absolute atomic E-state index is 13.2. The monoisotopic (exact) mass is 427 g/mol. The standard InChI is InChI=1S/C23H34FN7/c1-3-25-22(27-12-8-20-6-7-21(24)18-19(20)2)26-11-5-13-30-14-16-31(17-15-30)23-28-9-4-10-29-23/h4,6-7,9-10,18H,3,5,8,11-17H2,1-2H3,(H2,25,26,27). The predicted molar refractivity (Wildman–Crippen MR) is 124 cm³/mol. The predicted octanol–water partition coefficient (Wildman–Crippen LogP) is 2.23. The summed E-state index contributed by atoms with van der Waals surface area (Å²) < 4.78 is 13.2. The van der Waals surface area contributed by atoms with Gasteiger partial charge in [0.2, 0.25) is 5.95 Å². The van der Waals surface area contributed by atoms with Crippen molar-refractivity contribution in [1.29, 1.82) is 0 Å². The lowest BCUT2D eigenvalue weighted by atomic mass is 10.1. The van der Waals surface area contributed by atoms with Crippen molar-refractivity contribution >= 4 is 11.9 Å². The number of aryl methyl sites for hydroxylation is 1. The molecule has 1 aromatic heterocycles. The van der Waals surface area contributed by atoms with E-state index >= 15 is 0 Å². The van der Waals surface area contributed by atoms with Gasteiger partial charge in [0, 0.05) is 64.8 Å². The number of rotatable bonds is 9. The first-order valence-electron chi connectivity index (χ1n) is 11.2. The topological polar surface area (TPSA) is 68.7 Å². The second-order valence-corrected chi connectivity index (χ2v) is 7.74. The van der Waals surface area contributed by atoms with E-state index in [9.17, 15) is 4.39 Å². The maximum Gasteiger partial charge on any atom is 0.225 e. The van der Waals surface area contributed by atoms with Gasteiger partial charge in [-0.3, -0.25) is 9.89 Å². The third kappa shape index (κ3) is 7.47. The molecular weight excluding hydrogens is 393 g/mol. The highest BCUT2D eigenvalue weighted by atomic mass is 19.1. The van der Waals surface area contributed by atoms with Crippen LogP contribution in [0.1, 0.15) is 24.5 Å². The molecule has 2 N–H and O–H groups in total. The zero-order chi connectivity index (χ0) is 21.9. The number of anilines is 1. The van der Waals surface area contributed by atoms with Gasteiger partial charge in [0.1, 0.15) is 5.82 Å². The summed E-state index contributed by atoms with van der Waals surface area (Å²) in [7, 11) is 0. The molecule has 0 atom stereocenters. The highest BCUT2D eigenvalue weighted by Gasteiger charge is 2.18. The molecule has 1 aromatic carbocycles. The number of nitrogens with one attached hydrogen (secondary N) is 2. The summed E-state index contributed by atoms with van der Waals surface area (Å²) in [5, 5.41) is 6.68. The number of nitrogens with zero attached hydrogens (tertiary/aromatic N) is 5. The van der Waals surface area contributed by atoms with E-state index in [1.54, 1.807) is 18.5 Å². The third-order valence-corrected chi connectivity index (χ3v) is 5.45. The SMILES string of the molecule is CCNC(=NCCCN1CCN(c2ncccn2)CC1)NCCc1ccc(F)cc1C. The summed E-state index contributed by atoms with van der Waals surface area (Å²) in [6.07, 6.45) is 5.45. The van der Waals surface area contributed by atoms with Crippen LogP contribution < -0.4 is 15.5 Å². The fraction of sp³-hybridized carbons (Fsp3) is 0.522. The number of halogens is 1. The van der Waals surface area contributed by atoms with E-state index in [2.05, 4.69) is 37.3 Å².